The molecule has 0 radical (unpaired) electrons. The highest BCUT2D eigenvalue weighted by molar-refractivity contribution is 6.31. The molecule has 1 aromatic rings. The third-order valence-electron chi connectivity index (χ3n) is 3.66. The van der Waals surface area contributed by atoms with Gasteiger partial charge in [0.05, 0.1) is 6.10 Å². The van der Waals surface area contributed by atoms with Crippen LogP contribution in [-0.4, -0.2) is 32.3 Å². The van der Waals surface area contributed by atoms with Crippen LogP contribution in [0.15, 0.2) is 18.2 Å². The summed E-state index contributed by atoms with van der Waals surface area (Å²) in [7, 11) is 0. The average Bonchev–Trinajstić information content (AvgIpc) is 2.43. The van der Waals surface area contributed by atoms with Crippen LogP contribution in [0.5, 0.6) is 0 Å². The van der Waals surface area contributed by atoms with E-state index in [9.17, 15) is 0 Å². The number of nitrogens with zero attached hydrogens (tertiary/aromatic N) is 1. The largest absolute Gasteiger partial charge is 0.378 e. The average molecular weight is 283 g/mol. The van der Waals surface area contributed by atoms with Crippen molar-refractivity contribution in [3.63, 3.8) is 0 Å². The molecule has 1 fully saturated rings. The lowest BCUT2D eigenvalue weighted by atomic mass is 10.1. The zero-order chi connectivity index (χ0) is 13.7. The van der Waals surface area contributed by atoms with Crippen molar-refractivity contribution < 1.29 is 4.74 Å². The van der Waals surface area contributed by atoms with Gasteiger partial charge in [-0.2, -0.15) is 0 Å². The number of hydrogen-bond acceptors (Lipinski definition) is 3. The molecular formula is C15H23ClN2O. The lowest BCUT2D eigenvalue weighted by Crippen LogP contribution is -2.37. The molecule has 0 saturated carbocycles. The van der Waals surface area contributed by atoms with Crippen LogP contribution >= 0.6 is 11.6 Å². The van der Waals surface area contributed by atoms with Gasteiger partial charge in [-0.15, -0.1) is 0 Å². The molecule has 0 aromatic heterocycles. The molecule has 1 aromatic carbocycles. The number of benzene rings is 1. The first kappa shape index (κ1) is 14.6. The minimum atomic E-state index is 0.424. The van der Waals surface area contributed by atoms with Crippen LogP contribution in [-0.2, 0) is 11.2 Å². The van der Waals surface area contributed by atoms with E-state index in [4.69, 9.17) is 22.1 Å². The van der Waals surface area contributed by atoms with Crippen molar-refractivity contribution >= 4 is 17.3 Å². The Morgan fingerprint density at radius 3 is 2.68 bits per heavy atom. The van der Waals surface area contributed by atoms with Gasteiger partial charge >= 0.3 is 0 Å². The predicted octanol–water partition coefficient (Wildman–Crippen LogP) is 2.85. The van der Waals surface area contributed by atoms with E-state index >= 15 is 0 Å². The van der Waals surface area contributed by atoms with Crippen LogP contribution in [0.2, 0.25) is 5.02 Å². The first-order chi connectivity index (χ1) is 9.24. The van der Waals surface area contributed by atoms with Crippen molar-refractivity contribution in [2.24, 2.45) is 5.73 Å². The zero-order valence-electron chi connectivity index (χ0n) is 11.6. The second-order valence-electron chi connectivity index (χ2n) is 4.96. The number of hydrogen-bond donors (Lipinski definition) is 1. The maximum atomic E-state index is 6.30. The lowest BCUT2D eigenvalue weighted by molar-refractivity contribution is 0.0459. The molecule has 2 rings (SSSR count). The second-order valence-corrected chi connectivity index (χ2v) is 5.36. The third-order valence-corrected chi connectivity index (χ3v) is 4.01. The van der Waals surface area contributed by atoms with Crippen LogP contribution in [0.1, 0.15) is 25.3 Å². The summed E-state index contributed by atoms with van der Waals surface area (Å²) in [5.74, 6) is 0. The van der Waals surface area contributed by atoms with Gasteiger partial charge in [0.2, 0.25) is 0 Å². The molecule has 1 saturated heterocycles. The molecule has 1 aliphatic heterocycles. The summed E-state index contributed by atoms with van der Waals surface area (Å²) in [6.07, 6.45) is 3.45. The third kappa shape index (κ3) is 3.85. The van der Waals surface area contributed by atoms with Gasteiger partial charge in [-0.3, -0.25) is 0 Å². The molecule has 19 heavy (non-hydrogen) atoms. The molecule has 0 unspecified atom stereocenters. The Balaban J connectivity index is 1.97. The summed E-state index contributed by atoms with van der Waals surface area (Å²) >= 11 is 6.30. The fourth-order valence-electron chi connectivity index (χ4n) is 2.61. The Kier molecular flexibility index (Phi) is 5.49. The van der Waals surface area contributed by atoms with E-state index in [0.717, 1.165) is 49.5 Å². The van der Waals surface area contributed by atoms with Crippen LogP contribution in [0.25, 0.3) is 0 Å². The molecule has 3 nitrogen and oxygen atoms in total. The SMILES string of the molecule is CCOC1CCN(c2ccc(CCN)c(Cl)c2)CC1. The van der Waals surface area contributed by atoms with Crippen molar-refractivity contribution in [2.45, 2.75) is 32.3 Å². The van der Waals surface area contributed by atoms with Gasteiger partial charge in [-0.05, 0) is 50.4 Å². The minimum absolute atomic E-state index is 0.424. The highest BCUT2D eigenvalue weighted by Crippen LogP contribution is 2.26. The van der Waals surface area contributed by atoms with E-state index in [1.807, 2.05) is 0 Å². The number of ether oxygens (including phenoxy) is 1. The molecular weight excluding hydrogens is 260 g/mol. The first-order valence-electron chi connectivity index (χ1n) is 7.09. The number of nitrogens with two attached hydrogens (primary N) is 1. The normalized spacial score (nSPS) is 16.9. The number of anilines is 1. The van der Waals surface area contributed by atoms with Gasteiger partial charge in [0.1, 0.15) is 0 Å². The fraction of sp³-hybridized carbons (Fsp3) is 0.600. The lowest BCUT2D eigenvalue weighted by Gasteiger charge is -2.33. The molecule has 0 bridgehead atoms. The topological polar surface area (TPSA) is 38.5 Å². The molecule has 0 amide bonds. The quantitative estimate of drug-likeness (QED) is 0.902. The van der Waals surface area contributed by atoms with E-state index in [0.29, 0.717) is 12.6 Å². The molecule has 0 atom stereocenters. The van der Waals surface area contributed by atoms with Crippen molar-refractivity contribution in [1.82, 2.24) is 0 Å². The van der Waals surface area contributed by atoms with Gasteiger partial charge < -0.3 is 15.4 Å². The number of rotatable bonds is 5. The molecule has 1 heterocycles. The van der Waals surface area contributed by atoms with Crippen molar-refractivity contribution in [3.05, 3.63) is 28.8 Å². The van der Waals surface area contributed by atoms with Gasteiger partial charge in [0.15, 0.2) is 0 Å². The highest BCUT2D eigenvalue weighted by atomic mass is 35.5. The van der Waals surface area contributed by atoms with E-state index in [1.54, 1.807) is 0 Å². The summed E-state index contributed by atoms with van der Waals surface area (Å²) in [6, 6.07) is 6.31. The Hall–Kier alpha value is -0.770. The summed E-state index contributed by atoms with van der Waals surface area (Å²) in [5.41, 5.74) is 7.92. The van der Waals surface area contributed by atoms with Crippen molar-refractivity contribution in [2.75, 3.05) is 31.1 Å². The van der Waals surface area contributed by atoms with E-state index < -0.39 is 0 Å². The highest BCUT2D eigenvalue weighted by Gasteiger charge is 2.19. The maximum absolute atomic E-state index is 6.30. The maximum Gasteiger partial charge on any atom is 0.0608 e. The van der Waals surface area contributed by atoms with E-state index in [-0.39, 0.29) is 0 Å². The van der Waals surface area contributed by atoms with Gasteiger partial charge in [-0.1, -0.05) is 17.7 Å². The molecule has 0 aliphatic carbocycles. The van der Waals surface area contributed by atoms with Gasteiger partial charge in [-0.25, -0.2) is 0 Å². The Morgan fingerprint density at radius 1 is 1.37 bits per heavy atom. The molecule has 1 aliphatic rings. The fourth-order valence-corrected chi connectivity index (χ4v) is 2.88. The Bertz CT molecular complexity index is 403. The summed E-state index contributed by atoms with van der Waals surface area (Å²) < 4.78 is 5.68. The molecule has 0 spiro atoms. The van der Waals surface area contributed by atoms with Crippen LogP contribution in [0, 0.1) is 0 Å². The van der Waals surface area contributed by atoms with Crippen molar-refractivity contribution in [3.8, 4) is 0 Å². The van der Waals surface area contributed by atoms with E-state index in [2.05, 4.69) is 30.0 Å². The standard InChI is InChI=1S/C15H23ClN2O/c1-2-19-14-6-9-18(10-7-14)13-4-3-12(5-8-17)15(16)11-13/h3-4,11,14H,2,5-10,17H2,1H3. The Labute approximate surface area is 120 Å². The monoisotopic (exact) mass is 282 g/mol. The first-order valence-corrected chi connectivity index (χ1v) is 7.47. The van der Waals surface area contributed by atoms with Crippen LogP contribution < -0.4 is 10.6 Å². The smallest absolute Gasteiger partial charge is 0.0608 e. The molecule has 4 heteroatoms. The second kappa shape index (κ2) is 7.13. The summed E-state index contributed by atoms with van der Waals surface area (Å²) in [5, 5.41) is 0.829. The molecule has 2 N–H and O–H groups in total. The van der Waals surface area contributed by atoms with Crippen molar-refractivity contribution in [1.29, 1.82) is 0 Å². The summed E-state index contributed by atoms with van der Waals surface area (Å²) in [4.78, 5) is 2.38. The van der Waals surface area contributed by atoms with Crippen LogP contribution in [0.4, 0.5) is 5.69 Å². The summed E-state index contributed by atoms with van der Waals surface area (Å²) in [6.45, 7) is 5.58. The Morgan fingerprint density at radius 2 is 2.11 bits per heavy atom. The number of halogens is 1. The van der Waals surface area contributed by atoms with E-state index in [1.165, 1.54) is 5.69 Å². The predicted molar refractivity (Wildman–Crippen MR) is 81.1 cm³/mol. The van der Waals surface area contributed by atoms with Crippen LogP contribution in [0.3, 0.4) is 0 Å². The minimum Gasteiger partial charge on any atom is -0.378 e. The number of piperidine rings is 1. The zero-order valence-corrected chi connectivity index (χ0v) is 12.3. The van der Waals surface area contributed by atoms with Gasteiger partial charge in [0.25, 0.3) is 0 Å². The molecule has 106 valence electrons. The van der Waals surface area contributed by atoms with Gasteiger partial charge in [0, 0.05) is 30.4 Å².